The molecule has 0 aliphatic carbocycles. The lowest BCUT2D eigenvalue weighted by Gasteiger charge is -2.15. The maximum Gasteiger partial charge on any atom is 0.218 e. The van der Waals surface area contributed by atoms with E-state index in [2.05, 4.69) is 11.1 Å². The number of ether oxygens (including phenoxy) is 1. The van der Waals surface area contributed by atoms with Crippen LogP contribution in [0.3, 0.4) is 0 Å². The number of carbonyl (C=O) groups is 1. The molecule has 1 aromatic heterocycles. The Balaban J connectivity index is 1.68. The van der Waals surface area contributed by atoms with Crippen LogP contribution in [-0.2, 0) is 11.4 Å². The van der Waals surface area contributed by atoms with Crippen LogP contribution >= 0.6 is 23.4 Å². The average molecular weight is 426 g/mol. The van der Waals surface area contributed by atoms with Crippen molar-refractivity contribution in [1.29, 1.82) is 5.26 Å². The summed E-state index contributed by atoms with van der Waals surface area (Å²) in [5, 5.41) is 10.8. The highest BCUT2D eigenvalue weighted by atomic mass is 35.5. The van der Waals surface area contributed by atoms with Gasteiger partial charge in [-0.15, -0.1) is 0 Å². The number of carbonyl (C=O) groups excluding carboxylic acids is 1. The van der Waals surface area contributed by atoms with Crippen LogP contribution in [0.5, 0.6) is 5.75 Å². The number of halogens is 1. The second-order valence-corrected chi connectivity index (χ2v) is 8.19. The third kappa shape index (κ3) is 6.11. The zero-order chi connectivity index (χ0) is 20.6. The number of fused-ring (bicyclic) bond motifs is 1. The molecule has 1 heterocycles. The summed E-state index contributed by atoms with van der Waals surface area (Å²) < 4.78 is 5.92. The van der Waals surface area contributed by atoms with Crippen LogP contribution in [0.4, 0.5) is 0 Å². The molecule has 0 aliphatic heterocycles. The van der Waals surface area contributed by atoms with Crippen LogP contribution in [0, 0.1) is 11.3 Å². The molecule has 0 spiro atoms. The number of pyridine rings is 1. The third-order valence-corrected chi connectivity index (χ3v) is 5.79. The molecule has 0 saturated carbocycles. The lowest BCUT2D eigenvalue weighted by Crippen LogP contribution is -2.11. The molecular formula is C22H20ClN3O2S. The summed E-state index contributed by atoms with van der Waals surface area (Å²) in [6.45, 7) is 0.323. The number of primary amides is 1. The zero-order valence-electron chi connectivity index (χ0n) is 15.7. The Morgan fingerprint density at radius 2 is 2.07 bits per heavy atom. The molecule has 0 radical (unpaired) electrons. The number of amides is 1. The maximum atomic E-state index is 11.0. The monoisotopic (exact) mass is 425 g/mol. The van der Waals surface area contributed by atoms with E-state index >= 15 is 0 Å². The fourth-order valence-corrected chi connectivity index (χ4v) is 4.13. The standard InChI is InChI=1S/C22H20ClN3O2S/c23-17-6-4-15-5-7-18(26-20(15)13-17)14-28-19-3-1-2-16(12-19)21(8-10-24)29-11-9-22(25)27/h1-7,12-13,21H,8-9,11,14H2,(H2,25,27). The van der Waals surface area contributed by atoms with E-state index in [9.17, 15) is 4.79 Å². The van der Waals surface area contributed by atoms with Gasteiger partial charge in [-0.25, -0.2) is 4.98 Å². The highest BCUT2D eigenvalue weighted by Gasteiger charge is 2.13. The van der Waals surface area contributed by atoms with Gasteiger partial charge in [0.1, 0.15) is 12.4 Å². The number of benzene rings is 2. The molecule has 0 bridgehead atoms. The van der Waals surface area contributed by atoms with E-state index < -0.39 is 0 Å². The largest absolute Gasteiger partial charge is 0.487 e. The second kappa shape index (κ2) is 10.1. The van der Waals surface area contributed by atoms with Gasteiger partial charge >= 0.3 is 0 Å². The van der Waals surface area contributed by atoms with Gasteiger partial charge in [0, 0.05) is 27.8 Å². The Kier molecular flexibility index (Phi) is 7.34. The Hall–Kier alpha value is -2.75. The van der Waals surface area contributed by atoms with Crippen molar-refractivity contribution < 1.29 is 9.53 Å². The Morgan fingerprint density at radius 3 is 2.86 bits per heavy atom. The van der Waals surface area contributed by atoms with E-state index in [1.54, 1.807) is 11.8 Å². The molecule has 3 aromatic rings. The summed E-state index contributed by atoms with van der Waals surface area (Å²) in [5.74, 6) is 0.944. The van der Waals surface area contributed by atoms with Gasteiger partial charge in [0.2, 0.25) is 5.91 Å². The van der Waals surface area contributed by atoms with E-state index in [1.165, 1.54) is 0 Å². The lowest BCUT2D eigenvalue weighted by atomic mass is 10.1. The van der Waals surface area contributed by atoms with Crippen molar-refractivity contribution >= 4 is 40.2 Å². The Morgan fingerprint density at radius 1 is 1.24 bits per heavy atom. The van der Waals surface area contributed by atoms with Gasteiger partial charge in [0.25, 0.3) is 0 Å². The first kappa shape index (κ1) is 21.0. The number of nitriles is 1. The number of aromatic nitrogens is 1. The van der Waals surface area contributed by atoms with E-state index in [-0.39, 0.29) is 11.2 Å². The van der Waals surface area contributed by atoms with E-state index in [4.69, 9.17) is 27.3 Å². The first-order chi connectivity index (χ1) is 14.0. The molecular weight excluding hydrogens is 406 g/mol. The van der Waals surface area contributed by atoms with Crippen molar-refractivity contribution in [3.63, 3.8) is 0 Å². The van der Waals surface area contributed by atoms with Gasteiger partial charge in [-0.2, -0.15) is 17.0 Å². The lowest BCUT2D eigenvalue weighted by molar-refractivity contribution is -0.117. The SMILES string of the molecule is N#CCC(SCCC(N)=O)c1cccc(OCc2ccc3ccc(Cl)cc3n2)c1. The van der Waals surface area contributed by atoms with Crippen LogP contribution in [0.15, 0.2) is 54.6 Å². The summed E-state index contributed by atoms with van der Waals surface area (Å²) >= 11 is 7.60. The quantitative estimate of drug-likeness (QED) is 0.519. The number of hydrogen-bond donors (Lipinski definition) is 1. The van der Waals surface area contributed by atoms with Crippen LogP contribution in [-0.4, -0.2) is 16.6 Å². The molecule has 1 amide bonds. The average Bonchev–Trinajstić information content (AvgIpc) is 2.71. The van der Waals surface area contributed by atoms with Gasteiger partial charge < -0.3 is 10.5 Å². The van der Waals surface area contributed by atoms with Crippen molar-refractivity contribution in [1.82, 2.24) is 4.98 Å². The van der Waals surface area contributed by atoms with E-state index in [0.717, 1.165) is 22.2 Å². The second-order valence-electron chi connectivity index (χ2n) is 6.44. The normalized spacial score (nSPS) is 11.7. The van der Waals surface area contributed by atoms with Crippen LogP contribution in [0.1, 0.15) is 29.3 Å². The van der Waals surface area contributed by atoms with Crippen molar-refractivity contribution in [3.8, 4) is 11.8 Å². The topological polar surface area (TPSA) is 89.0 Å². The Labute approximate surface area is 178 Å². The van der Waals surface area contributed by atoms with Crippen LogP contribution in [0.2, 0.25) is 5.02 Å². The number of rotatable bonds is 9. The number of hydrogen-bond acceptors (Lipinski definition) is 5. The summed E-state index contributed by atoms with van der Waals surface area (Å²) in [7, 11) is 0. The first-order valence-electron chi connectivity index (χ1n) is 9.10. The number of nitrogens with zero attached hydrogens (tertiary/aromatic N) is 2. The molecule has 7 heteroatoms. The predicted octanol–water partition coefficient (Wildman–Crippen LogP) is 5.03. The maximum absolute atomic E-state index is 11.0. The molecule has 3 rings (SSSR count). The molecule has 1 unspecified atom stereocenters. The molecule has 0 aliphatic rings. The fourth-order valence-electron chi connectivity index (χ4n) is 2.83. The molecule has 29 heavy (non-hydrogen) atoms. The molecule has 2 aromatic carbocycles. The summed E-state index contributed by atoms with van der Waals surface area (Å²) in [4.78, 5) is 15.6. The van der Waals surface area contributed by atoms with Crippen molar-refractivity contribution in [2.45, 2.75) is 24.7 Å². The molecule has 1 atom stereocenters. The van der Waals surface area contributed by atoms with Crippen LogP contribution < -0.4 is 10.5 Å². The molecule has 148 valence electrons. The summed E-state index contributed by atoms with van der Waals surface area (Å²) in [5.41, 5.74) is 7.81. The zero-order valence-corrected chi connectivity index (χ0v) is 17.2. The highest BCUT2D eigenvalue weighted by Crippen LogP contribution is 2.34. The molecule has 2 N–H and O–H groups in total. The van der Waals surface area contributed by atoms with Gasteiger partial charge in [-0.05, 0) is 35.9 Å². The van der Waals surface area contributed by atoms with Crippen LogP contribution in [0.25, 0.3) is 10.9 Å². The minimum absolute atomic E-state index is 0.0381. The smallest absolute Gasteiger partial charge is 0.218 e. The van der Waals surface area contributed by atoms with Gasteiger partial charge in [-0.1, -0.05) is 35.9 Å². The highest BCUT2D eigenvalue weighted by molar-refractivity contribution is 7.99. The van der Waals surface area contributed by atoms with Crippen molar-refractivity contribution in [2.75, 3.05) is 5.75 Å². The third-order valence-electron chi connectivity index (χ3n) is 4.27. The summed E-state index contributed by atoms with van der Waals surface area (Å²) in [6, 6.07) is 19.4. The predicted molar refractivity (Wildman–Crippen MR) is 117 cm³/mol. The number of thioether (sulfide) groups is 1. The summed E-state index contributed by atoms with van der Waals surface area (Å²) in [6.07, 6.45) is 0.639. The van der Waals surface area contributed by atoms with E-state index in [1.807, 2.05) is 54.6 Å². The van der Waals surface area contributed by atoms with Gasteiger partial charge in [0.05, 0.1) is 23.7 Å². The molecule has 0 saturated heterocycles. The minimum Gasteiger partial charge on any atom is -0.487 e. The van der Waals surface area contributed by atoms with E-state index in [0.29, 0.717) is 36.0 Å². The number of nitrogens with two attached hydrogens (primary N) is 1. The molecule has 5 nitrogen and oxygen atoms in total. The van der Waals surface area contributed by atoms with Crippen molar-refractivity contribution in [2.24, 2.45) is 5.73 Å². The first-order valence-corrected chi connectivity index (χ1v) is 10.5. The van der Waals surface area contributed by atoms with Gasteiger partial charge in [-0.3, -0.25) is 4.79 Å². The fraction of sp³-hybridized carbons (Fsp3) is 0.227. The Bertz CT molecular complexity index is 1050. The molecule has 0 fully saturated rings. The minimum atomic E-state index is -0.338. The van der Waals surface area contributed by atoms with Crippen molar-refractivity contribution in [3.05, 3.63) is 70.9 Å². The van der Waals surface area contributed by atoms with Gasteiger partial charge in [0.15, 0.2) is 0 Å².